The number of carbonyl (C=O) groups is 3. The number of ether oxygens (including phenoxy) is 2. The van der Waals surface area contributed by atoms with Gasteiger partial charge < -0.3 is 14.6 Å². The molecule has 1 fully saturated rings. The molecule has 0 saturated carbocycles. The first kappa shape index (κ1) is 22.3. The van der Waals surface area contributed by atoms with Crippen molar-refractivity contribution in [1.82, 2.24) is 10.4 Å². The number of carboxylic acid groups (broad SMARTS) is 1. The van der Waals surface area contributed by atoms with Gasteiger partial charge in [0.15, 0.2) is 4.32 Å². The normalized spacial score (nSPS) is 14.6. The molecule has 0 aromatic heterocycles. The lowest BCUT2D eigenvalue weighted by Crippen LogP contribution is -2.44. The number of carbonyl (C=O) groups excluding carboxylic acids is 2. The molecule has 0 atom stereocenters. The monoisotopic (exact) mass is 458 g/mol. The Bertz CT molecular complexity index is 1030. The van der Waals surface area contributed by atoms with Crippen molar-refractivity contribution >= 4 is 52.2 Å². The van der Waals surface area contributed by atoms with E-state index in [2.05, 4.69) is 5.43 Å². The van der Waals surface area contributed by atoms with E-state index in [0.717, 1.165) is 22.3 Å². The summed E-state index contributed by atoms with van der Waals surface area (Å²) in [7, 11) is 1.53. The minimum atomic E-state index is -0.933. The summed E-state index contributed by atoms with van der Waals surface area (Å²) in [6.07, 6.45) is 1.56. The predicted octanol–water partition coefficient (Wildman–Crippen LogP) is 3.09. The van der Waals surface area contributed by atoms with Crippen LogP contribution in [0.25, 0.3) is 6.08 Å². The van der Waals surface area contributed by atoms with Crippen molar-refractivity contribution in [2.75, 3.05) is 13.7 Å². The summed E-state index contributed by atoms with van der Waals surface area (Å²) in [6, 6.07) is 13.3. The zero-order valence-electron chi connectivity index (χ0n) is 16.4. The Morgan fingerprint density at radius 2 is 1.77 bits per heavy atom. The van der Waals surface area contributed by atoms with E-state index in [-0.39, 0.29) is 17.3 Å². The maximum Gasteiger partial charge on any atom is 0.306 e. The number of hydrogen-bond donors (Lipinski definition) is 2. The van der Waals surface area contributed by atoms with Crippen LogP contribution < -0.4 is 14.9 Å². The highest BCUT2D eigenvalue weighted by Crippen LogP contribution is 2.31. The number of nitrogens with one attached hydrogen (secondary N) is 1. The maximum absolute atomic E-state index is 12.7. The lowest BCUT2D eigenvalue weighted by Gasteiger charge is -2.15. The largest absolute Gasteiger partial charge is 0.497 e. The van der Waals surface area contributed by atoms with Crippen LogP contribution in [0.3, 0.4) is 0 Å². The van der Waals surface area contributed by atoms with Crippen LogP contribution in [0, 0.1) is 0 Å². The van der Waals surface area contributed by atoms with E-state index in [9.17, 15) is 14.4 Å². The highest BCUT2D eigenvalue weighted by molar-refractivity contribution is 8.26. The molecule has 0 spiro atoms. The van der Waals surface area contributed by atoms with Crippen molar-refractivity contribution in [3.8, 4) is 11.5 Å². The molecule has 1 heterocycles. The third-order valence-electron chi connectivity index (χ3n) is 4.12. The van der Waals surface area contributed by atoms with E-state index in [1.807, 2.05) is 0 Å². The van der Waals surface area contributed by atoms with Gasteiger partial charge in [0.25, 0.3) is 11.8 Å². The lowest BCUT2D eigenvalue weighted by atomic mass is 10.2. The maximum atomic E-state index is 12.7. The number of aliphatic carboxylic acids is 1. The smallest absolute Gasteiger partial charge is 0.306 e. The number of nitrogens with zero attached hydrogens (tertiary/aromatic N) is 1. The number of hydrogen-bond acceptors (Lipinski definition) is 7. The van der Waals surface area contributed by atoms with Crippen LogP contribution in [0.2, 0.25) is 0 Å². The molecule has 8 nitrogen and oxygen atoms in total. The first-order valence-electron chi connectivity index (χ1n) is 9.05. The van der Waals surface area contributed by atoms with Gasteiger partial charge >= 0.3 is 5.97 Å². The van der Waals surface area contributed by atoms with Crippen LogP contribution >= 0.6 is 24.0 Å². The standard InChI is InChI=1S/C21H18N2O6S2/c1-28-15-8-4-14(5-9-15)19(26)22-23-20(27)17(31-21(23)30)12-13-2-6-16(7-3-13)29-11-10-18(24)25/h2-9,12H,10-11H2,1H3,(H,22,26)(H,24,25)/b17-12+. The highest BCUT2D eigenvalue weighted by Gasteiger charge is 2.33. The number of benzene rings is 2. The SMILES string of the molecule is COc1ccc(C(=O)NN2C(=O)/C(=C\c3ccc(OCCC(=O)O)cc3)SC2=S)cc1. The second kappa shape index (κ2) is 10.1. The Morgan fingerprint density at radius 1 is 1.13 bits per heavy atom. The van der Waals surface area contributed by atoms with Crippen molar-refractivity contribution in [2.45, 2.75) is 6.42 Å². The van der Waals surface area contributed by atoms with Crippen LogP contribution in [-0.2, 0) is 9.59 Å². The van der Waals surface area contributed by atoms with Crippen molar-refractivity contribution in [3.63, 3.8) is 0 Å². The molecular formula is C21H18N2O6S2. The van der Waals surface area contributed by atoms with Gasteiger partial charge in [-0.15, -0.1) is 0 Å². The van der Waals surface area contributed by atoms with E-state index >= 15 is 0 Å². The molecule has 160 valence electrons. The number of thiocarbonyl (C=S) groups is 1. The van der Waals surface area contributed by atoms with Crippen molar-refractivity contribution < 1.29 is 29.0 Å². The van der Waals surface area contributed by atoms with Crippen LogP contribution in [0.15, 0.2) is 53.4 Å². The molecule has 2 amide bonds. The molecule has 2 N–H and O–H groups in total. The van der Waals surface area contributed by atoms with Gasteiger partial charge in [-0.25, -0.2) is 0 Å². The van der Waals surface area contributed by atoms with Crippen LogP contribution in [0.4, 0.5) is 0 Å². The molecule has 1 aliphatic heterocycles. The number of methoxy groups -OCH3 is 1. The second-order valence-electron chi connectivity index (χ2n) is 6.25. The molecule has 0 bridgehead atoms. The molecule has 1 saturated heterocycles. The third kappa shape index (κ3) is 5.83. The summed E-state index contributed by atoms with van der Waals surface area (Å²) in [5.74, 6) is -0.694. The van der Waals surface area contributed by atoms with Gasteiger partial charge in [-0.3, -0.25) is 19.8 Å². The van der Waals surface area contributed by atoms with E-state index in [4.69, 9.17) is 26.8 Å². The van der Waals surface area contributed by atoms with Gasteiger partial charge in [-0.2, -0.15) is 5.01 Å². The van der Waals surface area contributed by atoms with Gasteiger partial charge in [0, 0.05) is 5.56 Å². The summed E-state index contributed by atoms with van der Waals surface area (Å²) >= 11 is 6.31. The summed E-state index contributed by atoms with van der Waals surface area (Å²) in [4.78, 5) is 36.0. The molecule has 0 unspecified atom stereocenters. The fourth-order valence-electron chi connectivity index (χ4n) is 2.54. The van der Waals surface area contributed by atoms with Crippen LogP contribution in [0.1, 0.15) is 22.3 Å². The minimum Gasteiger partial charge on any atom is -0.497 e. The first-order valence-corrected chi connectivity index (χ1v) is 10.3. The van der Waals surface area contributed by atoms with Crippen LogP contribution in [0.5, 0.6) is 11.5 Å². The van der Waals surface area contributed by atoms with Crippen LogP contribution in [-0.4, -0.2) is 45.9 Å². The fraction of sp³-hybridized carbons (Fsp3) is 0.143. The number of carboxylic acids is 1. The molecule has 1 aliphatic rings. The van der Waals surface area contributed by atoms with E-state index in [1.54, 1.807) is 54.6 Å². The van der Waals surface area contributed by atoms with Gasteiger partial charge in [-0.05, 0) is 60.3 Å². The summed E-state index contributed by atoms with van der Waals surface area (Å²) in [6.45, 7) is 0.0707. The average Bonchev–Trinajstić information content (AvgIpc) is 3.02. The Hall–Kier alpha value is -3.37. The number of thioether (sulfide) groups is 1. The van der Waals surface area contributed by atoms with Gasteiger partial charge in [0.05, 0.1) is 25.0 Å². The molecule has 2 aromatic rings. The lowest BCUT2D eigenvalue weighted by molar-refractivity contribution is -0.137. The molecular weight excluding hydrogens is 440 g/mol. The molecule has 0 radical (unpaired) electrons. The summed E-state index contributed by atoms with van der Waals surface area (Å²) in [5, 5.41) is 9.68. The Balaban J connectivity index is 1.64. The minimum absolute atomic E-state index is 0.0707. The van der Waals surface area contributed by atoms with Crippen molar-refractivity contribution in [1.29, 1.82) is 0 Å². The van der Waals surface area contributed by atoms with Crippen molar-refractivity contribution in [2.24, 2.45) is 0 Å². The topological polar surface area (TPSA) is 105 Å². The molecule has 31 heavy (non-hydrogen) atoms. The number of rotatable bonds is 8. The summed E-state index contributed by atoms with van der Waals surface area (Å²) < 4.78 is 10.6. The quantitative estimate of drug-likeness (QED) is 0.459. The molecule has 2 aromatic carbocycles. The zero-order chi connectivity index (χ0) is 22.4. The van der Waals surface area contributed by atoms with Gasteiger partial charge in [0.2, 0.25) is 0 Å². The van der Waals surface area contributed by atoms with E-state index in [1.165, 1.54) is 7.11 Å². The Labute approximate surface area is 187 Å². The number of amides is 2. The second-order valence-corrected chi connectivity index (χ2v) is 7.92. The third-order valence-corrected chi connectivity index (χ3v) is 5.42. The molecule has 10 heteroatoms. The average molecular weight is 459 g/mol. The first-order chi connectivity index (χ1) is 14.9. The Morgan fingerprint density at radius 3 is 2.39 bits per heavy atom. The molecule has 3 rings (SSSR count). The van der Waals surface area contributed by atoms with Gasteiger partial charge in [-0.1, -0.05) is 23.9 Å². The molecule has 0 aliphatic carbocycles. The van der Waals surface area contributed by atoms with E-state index < -0.39 is 17.8 Å². The van der Waals surface area contributed by atoms with E-state index in [0.29, 0.717) is 22.0 Å². The van der Waals surface area contributed by atoms with Gasteiger partial charge in [0.1, 0.15) is 11.5 Å². The predicted molar refractivity (Wildman–Crippen MR) is 120 cm³/mol. The summed E-state index contributed by atoms with van der Waals surface area (Å²) in [5.41, 5.74) is 3.61. The fourth-order valence-corrected chi connectivity index (χ4v) is 3.72. The highest BCUT2D eigenvalue weighted by atomic mass is 32.2. The van der Waals surface area contributed by atoms with Crippen molar-refractivity contribution in [3.05, 3.63) is 64.6 Å². The Kier molecular flexibility index (Phi) is 7.27. The zero-order valence-corrected chi connectivity index (χ0v) is 18.0. The number of hydrazine groups is 1.